The van der Waals surface area contributed by atoms with Crippen molar-refractivity contribution in [2.45, 2.75) is 6.54 Å². The average Bonchev–Trinajstić information content (AvgIpc) is 2.48. The predicted octanol–water partition coefficient (Wildman–Crippen LogP) is 3.41. The first-order chi connectivity index (χ1) is 9.75. The van der Waals surface area contributed by atoms with Gasteiger partial charge in [-0.2, -0.15) is 0 Å². The second-order valence-corrected chi connectivity index (χ2v) is 4.67. The van der Waals surface area contributed by atoms with Gasteiger partial charge < -0.3 is 4.90 Å². The van der Waals surface area contributed by atoms with Gasteiger partial charge in [0.15, 0.2) is 0 Å². The number of rotatable bonds is 3. The van der Waals surface area contributed by atoms with Crippen LogP contribution in [0, 0.1) is 5.82 Å². The molecule has 0 radical (unpaired) electrons. The molecule has 2 aromatic carbocycles. The van der Waals surface area contributed by atoms with E-state index in [9.17, 15) is 4.39 Å². The van der Waals surface area contributed by atoms with Gasteiger partial charge in [0, 0.05) is 19.0 Å². The number of anilines is 1. The molecule has 0 atom stereocenters. The van der Waals surface area contributed by atoms with E-state index in [0.29, 0.717) is 12.1 Å². The molecule has 0 saturated heterocycles. The molecule has 0 aliphatic rings. The normalized spacial score (nSPS) is 10.7. The Labute approximate surface area is 116 Å². The van der Waals surface area contributed by atoms with Crippen LogP contribution in [0.15, 0.2) is 54.9 Å². The molecule has 1 aromatic heterocycles. The van der Waals surface area contributed by atoms with E-state index in [1.807, 2.05) is 36.2 Å². The van der Waals surface area contributed by atoms with Crippen molar-refractivity contribution in [1.82, 2.24) is 9.97 Å². The minimum absolute atomic E-state index is 0.320. The van der Waals surface area contributed by atoms with Gasteiger partial charge >= 0.3 is 0 Å². The first kappa shape index (κ1) is 12.5. The lowest BCUT2D eigenvalue weighted by Gasteiger charge is -2.19. The van der Waals surface area contributed by atoms with Crippen LogP contribution in [0.25, 0.3) is 10.9 Å². The molecular formula is C16H14FN3. The van der Waals surface area contributed by atoms with Crippen LogP contribution >= 0.6 is 0 Å². The van der Waals surface area contributed by atoms with E-state index >= 15 is 0 Å². The fraction of sp³-hybridized carbons (Fsp3) is 0.125. The molecule has 0 unspecified atom stereocenters. The van der Waals surface area contributed by atoms with Gasteiger partial charge in [-0.05, 0) is 17.7 Å². The van der Waals surface area contributed by atoms with E-state index in [1.165, 1.54) is 18.0 Å². The number of halogens is 1. The van der Waals surface area contributed by atoms with E-state index in [4.69, 9.17) is 0 Å². The van der Waals surface area contributed by atoms with Crippen LogP contribution in [0.4, 0.5) is 10.2 Å². The molecule has 3 nitrogen and oxygen atoms in total. The SMILES string of the molecule is CN(Cc1ccccc1)c1ncnc2c(F)cccc12. The van der Waals surface area contributed by atoms with Gasteiger partial charge in [-0.25, -0.2) is 14.4 Å². The highest BCUT2D eigenvalue weighted by molar-refractivity contribution is 5.89. The number of hydrogen-bond donors (Lipinski definition) is 0. The van der Waals surface area contributed by atoms with Gasteiger partial charge in [0.2, 0.25) is 0 Å². The third-order valence-corrected chi connectivity index (χ3v) is 3.22. The smallest absolute Gasteiger partial charge is 0.149 e. The largest absolute Gasteiger partial charge is 0.355 e. The van der Waals surface area contributed by atoms with Crippen molar-refractivity contribution in [2.24, 2.45) is 0 Å². The van der Waals surface area contributed by atoms with E-state index in [2.05, 4.69) is 22.1 Å². The van der Waals surface area contributed by atoms with Gasteiger partial charge in [0.1, 0.15) is 23.5 Å². The predicted molar refractivity (Wildman–Crippen MR) is 78.0 cm³/mol. The van der Waals surface area contributed by atoms with Crippen molar-refractivity contribution in [3.05, 3.63) is 66.2 Å². The zero-order chi connectivity index (χ0) is 13.9. The van der Waals surface area contributed by atoms with E-state index in [-0.39, 0.29) is 5.82 Å². The molecule has 0 amide bonds. The topological polar surface area (TPSA) is 29.0 Å². The molecule has 0 bridgehead atoms. The summed E-state index contributed by atoms with van der Waals surface area (Å²) in [4.78, 5) is 10.3. The fourth-order valence-corrected chi connectivity index (χ4v) is 2.27. The molecule has 0 aliphatic heterocycles. The Bertz CT molecular complexity index is 728. The molecule has 20 heavy (non-hydrogen) atoms. The molecule has 0 saturated carbocycles. The molecule has 0 fully saturated rings. The summed E-state index contributed by atoms with van der Waals surface area (Å²) in [5.41, 5.74) is 1.54. The molecule has 1 heterocycles. The summed E-state index contributed by atoms with van der Waals surface area (Å²) in [6.07, 6.45) is 1.40. The Balaban J connectivity index is 2.00. The monoisotopic (exact) mass is 267 g/mol. The number of fused-ring (bicyclic) bond motifs is 1. The van der Waals surface area contributed by atoms with Gasteiger partial charge in [-0.3, -0.25) is 0 Å². The summed E-state index contributed by atoms with van der Waals surface area (Å²) in [5, 5.41) is 0.728. The summed E-state index contributed by atoms with van der Waals surface area (Å²) in [6.45, 7) is 0.712. The zero-order valence-electron chi connectivity index (χ0n) is 11.1. The molecule has 0 spiro atoms. The van der Waals surface area contributed by atoms with Crippen LogP contribution in [-0.2, 0) is 6.54 Å². The molecule has 100 valence electrons. The number of hydrogen-bond acceptors (Lipinski definition) is 3. The van der Waals surface area contributed by atoms with Gasteiger partial charge in [-0.1, -0.05) is 36.4 Å². The second-order valence-electron chi connectivity index (χ2n) is 4.67. The lowest BCUT2D eigenvalue weighted by atomic mass is 10.2. The van der Waals surface area contributed by atoms with Crippen LogP contribution in [0.1, 0.15) is 5.56 Å². The van der Waals surface area contributed by atoms with Gasteiger partial charge in [0.25, 0.3) is 0 Å². The second kappa shape index (κ2) is 5.25. The number of para-hydroxylation sites is 1. The lowest BCUT2D eigenvalue weighted by molar-refractivity contribution is 0.636. The zero-order valence-corrected chi connectivity index (χ0v) is 11.1. The maximum absolute atomic E-state index is 13.7. The van der Waals surface area contributed by atoms with Crippen LogP contribution in [0.2, 0.25) is 0 Å². The standard InChI is InChI=1S/C16H14FN3/c1-20(10-12-6-3-2-4-7-12)16-13-8-5-9-14(17)15(13)18-11-19-16/h2-9,11H,10H2,1H3. The molecule has 0 N–H and O–H groups in total. The van der Waals surface area contributed by atoms with Crippen molar-refractivity contribution in [1.29, 1.82) is 0 Å². The lowest BCUT2D eigenvalue weighted by Crippen LogP contribution is -2.18. The highest BCUT2D eigenvalue weighted by Gasteiger charge is 2.11. The molecule has 0 aliphatic carbocycles. The Kier molecular flexibility index (Phi) is 3.29. The summed E-state index contributed by atoms with van der Waals surface area (Å²) < 4.78 is 13.7. The van der Waals surface area contributed by atoms with E-state index < -0.39 is 0 Å². The minimum Gasteiger partial charge on any atom is -0.355 e. The summed E-state index contributed by atoms with van der Waals surface area (Å²) >= 11 is 0. The van der Waals surface area contributed by atoms with Crippen LogP contribution < -0.4 is 4.90 Å². The fourth-order valence-electron chi connectivity index (χ4n) is 2.27. The Morgan fingerprint density at radius 1 is 1.00 bits per heavy atom. The van der Waals surface area contributed by atoms with Crippen molar-refractivity contribution in [3.63, 3.8) is 0 Å². The molecule has 3 rings (SSSR count). The van der Waals surface area contributed by atoms with Crippen molar-refractivity contribution < 1.29 is 4.39 Å². The van der Waals surface area contributed by atoms with Gasteiger partial charge in [-0.15, -0.1) is 0 Å². The van der Waals surface area contributed by atoms with Crippen molar-refractivity contribution in [2.75, 3.05) is 11.9 Å². The first-order valence-corrected chi connectivity index (χ1v) is 6.40. The quantitative estimate of drug-likeness (QED) is 0.728. The highest BCUT2D eigenvalue weighted by atomic mass is 19.1. The number of nitrogens with zero attached hydrogens (tertiary/aromatic N) is 3. The maximum Gasteiger partial charge on any atom is 0.149 e. The van der Waals surface area contributed by atoms with Crippen molar-refractivity contribution >= 4 is 16.7 Å². The third-order valence-electron chi connectivity index (χ3n) is 3.22. The number of benzene rings is 2. The average molecular weight is 267 g/mol. The van der Waals surface area contributed by atoms with Crippen LogP contribution in [0.3, 0.4) is 0 Å². The maximum atomic E-state index is 13.7. The Hall–Kier alpha value is -2.49. The summed E-state index contributed by atoms with van der Waals surface area (Å²) in [7, 11) is 1.94. The van der Waals surface area contributed by atoms with Crippen LogP contribution in [0.5, 0.6) is 0 Å². The van der Waals surface area contributed by atoms with E-state index in [0.717, 1.165) is 11.2 Å². The van der Waals surface area contributed by atoms with E-state index in [1.54, 1.807) is 6.07 Å². The number of aromatic nitrogens is 2. The molecule has 3 aromatic rings. The first-order valence-electron chi connectivity index (χ1n) is 6.40. The highest BCUT2D eigenvalue weighted by Crippen LogP contribution is 2.24. The molecule has 4 heteroatoms. The minimum atomic E-state index is -0.320. The Morgan fingerprint density at radius 2 is 1.80 bits per heavy atom. The Morgan fingerprint density at radius 3 is 2.60 bits per heavy atom. The summed E-state index contributed by atoms with van der Waals surface area (Å²) in [5.74, 6) is 0.414. The summed E-state index contributed by atoms with van der Waals surface area (Å²) in [6, 6.07) is 15.0. The van der Waals surface area contributed by atoms with Crippen LogP contribution in [-0.4, -0.2) is 17.0 Å². The molecular weight excluding hydrogens is 253 g/mol. The third kappa shape index (κ3) is 2.32. The van der Waals surface area contributed by atoms with Crippen molar-refractivity contribution in [3.8, 4) is 0 Å². The van der Waals surface area contributed by atoms with Gasteiger partial charge in [0.05, 0.1) is 0 Å².